The Hall–Kier alpha value is -5.58. The van der Waals surface area contributed by atoms with Crippen LogP contribution < -0.4 is 15.5 Å². The molecule has 11 nitrogen and oxygen atoms in total. The highest BCUT2D eigenvalue weighted by atomic mass is 16.4. The van der Waals surface area contributed by atoms with Crippen LogP contribution in [0.4, 0.5) is 11.4 Å². The minimum Gasteiger partial charge on any atom is -0.481 e. The van der Waals surface area contributed by atoms with Crippen molar-refractivity contribution in [1.29, 1.82) is 0 Å². The molecule has 5 rings (SSSR count). The molecule has 1 fully saturated rings. The fourth-order valence-electron chi connectivity index (χ4n) is 4.92. The van der Waals surface area contributed by atoms with Crippen molar-refractivity contribution in [3.8, 4) is 0 Å². The van der Waals surface area contributed by atoms with E-state index < -0.39 is 17.9 Å². The number of aromatic nitrogens is 2. The van der Waals surface area contributed by atoms with E-state index in [2.05, 4.69) is 25.5 Å². The van der Waals surface area contributed by atoms with Gasteiger partial charge in [0.1, 0.15) is 0 Å². The highest BCUT2D eigenvalue weighted by molar-refractivity contribution is 6.07. The molecule has 11 heteroatoms. The third-order valence-corrected chi connectivity index (χ3v) is 7.15. The van der Waals surface area contributed by atoms with Gasteiger partial charge >= 0.3 is 5.97 Å². The molecule has 0 aliphatic carbocycles. The van der Waals surface area contributed by atoms with Gasteiger partial charge in [0.05, 0.1) is 23.8 Å². The monoisotopic (exact) mass is 578 g/mol. The molecular formula is C32H30N6O5. The Morgan fingerprint density at radius 2 is 1.51 bits per heavy atom. The van der Waals surface area contributed by atoms with E-state index in [-0.39, 0.29) is 23.8 Å². The van der Waals surface area contributed by atoms with Crippen molar-refractivity contribution < 1.29 is 24.3 Å². The van der Waals surface area contributed by atoms with Crippen LogP contribution in [-0.2, 0) is 4.79 Å². The number of piperazine rings is 1. The van der Waals surface area contributed by atoms with Crippen LogP contribution in [0.25, 0.3) is 0 Å². The molecule has 3 amide bonds. The van der Waals surface area contributed by atoms with Crippen molar-refractivity contribution in [1.82, 2.24) is 20.2 Å². The molecule has 4 aromatic rings. The van der Waals surface area contributed by atoms with Gasteiger partial charge in [-0.1, -0.05) is 24.3 Å². The molecule has 1 saturated heterocycles. The van der Waals surface area contributed by atoms with E-state index in [0.29, 0.717) is 54.2 Å². The first-order valence-electron chi connectivity index (χ1n) is 13.8. The number of amides is 3. The smallest absolute Gasteiger partial charge is 0.305 e. The van der Waals surface area contributed by atoms with Crippen LogP contribution >= 0.6 is 0 Å². The second-order valence-corrected chi connectivity index (χ2v) is 9.98. The number of carboxylic acid groups (broad SMARTS) is 1. The zero-order valence-electron chi connectivity index (χ0n) is 23.2. The average molecular weight is 579 g/mol. The molecule has 0 spiro atoms. The molecule has 2 aromatic carbocycles. The molecule has 43 heavy (non-hydrogen) atoms. The summed E-state index contributed by atoms with van der Waals surface area (Å²) < 4.78 is 0. The second-order valence-electron chi connectivity index (χ2n) is 9.98. The van der Waals surface area contributed by atoms with E-state index in [9.17, 15) is 24.3 Å². The SMILES string of the molecule is O=C(O)CC(NC(=O)c1ccc(N2CCN(C(=O)c3ccccc3)CC2)c(NC(=O)c2ccncc2)c1)c1cccnc1. The van der Waals surface area contributed by atoms with Gasteiger partial charge in [0, 0.05) is 67.7 Å². The molecule has 0 bridgehead atoms. The normalized spacial score (nSPS) is 13.6. The van der Waals surface area contributed by atoms with Gasteiger partial charge in [0.15, 0.2) is 0 Å². The number of carbonyl (C=O) groups excluding carboxylic acids is 3. The number of rotatable bonds is 9. The third-order valence-electron chi connectivity index (χ3n) is 7.15. The summed E-state index contributed by atoms with van der Waals surface area (Å²) in [5.41, 5.74) is 2.93. The van der Waals surface area contributed by atoms with Crippen molar-refractivity contribution >= 4 is 35.1 Å². The predicted molar refractivity (Wildman–Crippen MR) is 160 cm³/mol. The largest absolute Gasteiger partial charge is 0.481 e. The van der Waals surface area contributed by atoms with E-state index in [0.717, 1.165) is 0 Å². The summed E-state index contributed by atoms with van der Waals surface area (Å²) >= 11 is 0. The summed E-state index contributed by atoms with van der Waals surface area (Å²) in [5.74, 6) is -1.99. The second kappa shape index (κ2) is 13.4. The number of benzene rings is 2. The first kappa shape index (κ1) is 28.9. The molecule has 1 atom stereocenters. The Balaban J connectivity index is 1.38. The summed E-state index contributed by atoms with van der Waals surface area (Å²) in [6.07, 6.45) is 5.79. The van der Waals surface area contributed by atoms with E-state index in [1.807, 2.05) is 18.2 Å². The van der Waals surface area contributed by atoms with E-state index in [1.54, 1.807) is 65.7 Å². The van der Waals surface area contributed by atoms with Gasteiger partial charge in [0.2, 0.25) is 0 Å². The molecule has 1 unspecified atom stereocenters. The highest BCUT2D eigenvalue weighted by Gasteiger charge is 2.25. The molecule has 2 aromatic heterocycles. The van der Waals surface area contributed by atoms with Crippen molar-refractivity contribution in [3.63, 3.8) is 0 Å². The lowest BCUT2D eigenvalue weighted by Gasteiger charge is -2.37. The molecule has 0 radical (unpaired) electrons. The quantitative estimate of drug-likeness (QED) is 0.273. The number of pyridine rings is 2. The van der Waals surface area contributed by atoms with Crippen molar-refractivity contribution in [2.75, 3.05) is 36.4 Å². The molecule has 218 valence electrons. The summed E-state index contributed by atoms with van der Waals surface area (Å²) in [6.45, 7) is 2.00. The number of carboxylic acids is 1. The maximum absolute atomic E-state index is 13.4. The van der Waals surface area contributed by atoms with Crippen LogP contribution in [-0.4, -0.2) is 69.8 Å². The third kappa shape index (κ3) is 7.20. The Kier molecular flexibility index (Phi) is 9.01. The first-order chi connectivity index (χ1) is 20.9. The van der Waals surface area contributed by atoms with Crippen LogP contribution in [0.1, 0.15) is 49.1 Å². The molecule has 0 saturated carbocycles. The van der Waals surface area contributed by atoms with Crippen molar-refractivity contribution in [3.05, 3.63) is 120 Å². The molecule has 1 aliphatic heterocycles. The lowest BCUT2D eigenvalue weighted by Crippen LogP contribution is -2.49. The molecule has 1 aliphatic rings. The van der Waals surface area contributed by atoms with E-state index in [4.69, 9.17) is 0 Å². The van der Waals surface area contributed by atoms with Gasteiger partial charge in [-0.2, -0.15) is 0 Å². The molecular weight excluding hydrogens is 548 g/mol. The van der Waals surface area contributed by atoms with Gasteiger partial charge in [-0.25, -0.2) is 0 Å². The maximum atomic E-state index is 13.4. The zero-order chi connectivity index (χ0) is 30.2. The average Bonchev–Trinajstić information content (AvgIpc) is 3.05. The number of hydrogen-bond donors (Lipinski definition) is 3. The van der Waals surface area contributed by atoms with E-state index >= 15 is 0 Å². The summed E-state index contributed by atoms with van der Waals surface area (Å²) in [5, 5.41) is 15.1. The number of nitrogens with one attached hydrogen (secondary N) is 2. The number of nitrogens with zero attached hydrogens (tertiary/aromatic N) is 4. The number of anilines is 2. The number of carbonyl (C=O) groups is 4. The van der Waals surface area contributed by atoms with E-state index in [1.165, 1.54) is 18.6 Å². The first-order valence-corrected chi connectivity index (χ1v) is 13.8. The van der Waals surface area contributed by atoms with Crippen LogP contribution in [0, 0.1) is 0 Å². The van der Waals surface area contributed by atoms with Gasteiger partial charge in [-0.3, -0.25) is 29.1 Å². The number of aliphatic carboxylic acids is 1. The number of hydrogen-bond acceptors (Lipinski definition) is 7. The van der Waals surface area contributed by atoms with Crippen LogP contribution in [0.5, 0.6) is 0 Å². The highest BCUT2D eigenvalue weighted by Crippen LogP contribution is 2.30. The Morgan fingerprint density at radius 1 is 0.767 bits per heavy atom. The summed E-state index contributed by atoms with van der Waals surface area (Å²) in [4.78, 5) is 62.8. The van der Waals surface area contributed by atoms with Gasteiger partial charge in [-0.05, 0) is 54.1 Å². The van der Waals surface area contributed by atoms with Crippen LogP contribution in [0.15, 0.2) is 97.6 Å². The van der Waals surface area contributed by atoms with Gasteiger partial charge in [-0.15, -0.1) is 0 Å². The fourth-order valence-corrected chi connectivity index (χ4v) is 4.92. The minimum atomic E-state index is -1.07. The van der Waals surface area contributed by atoms with Gasteiger partial charge in [0.25, 0.3) is 17.7 Å². The Morgan fingerprint density at radius 3 is 2.19 bits per heavy atom. The van der Waals surface area contributed by atoms with Gasteiger partial charge < -0.3 is 25.5 Å². The van der Waals surface area contributed by atoms with Crippen molar-refractivity contribution in [2.45, 2.75) is 12.5 Å². The summed E-state index contributed by atoms with van der Waals surface area (Å²) in [6, 6.07) is 19.8. The predicted octanol–water partition coefficient (Wildman–Crippen LogP) is 3.64. The summed E-state index contributed by atoms with van der Waals surface area (Å²) in [7, 11) is 0. The molecule has 3 N–H and O–H groups in total. The fraction of sp³-hybridized carbons (Fsp3) is 0.188. The zero-order valence-corrected chi connectivity index (χ0v) is 23.2. The topological polar surface area (TPSA) is 145 Å². The lowest BCUT2D eigenvalue weighted by atomic mass is 10.0. The maximum Gasteiger partial charge on any atom is 0.305 e. The minimum absolute atomic E-state index is 0.0389. The Bertz CT molecular complexity index is 1590. The molecule has 3 heterocycles. The standard InChI is InChI=1S/C32H30N6O5/c39-29(40)20-26(25-7-4-12-34-21-25)35-31(42)24-8-9-28(27(19-24)36-30(41)22-10-13-33-14-11-22)37-15-17-38(18-16-37)32(43)23-5-2-1-3-6-23/h1-14,19,21,26H,15-18,20H2,(H,35,42)(H,36,41)(H,39,40). The Labute approximate surface area is 248 Å². The van der Waals surface area contributed by atoms with Crippen molar-refractivity contribution in [2.24, 2.45) is 0 Å². The van der Waals surface area contributed by atoms with Crippen LogP contribution in [0.3, 0.4) is 0 Å². The van der Waals surface area contributed by atoms with Crippen LogP contribution in [0.2, 0.25) is 0 Å². The lowest BCUT2D eigenvalue weighted by molar-refractivity contribution is -0.137.